The zero-order chi connectivity index (χ0) is 18.8. The van der Waals surface area contributed by atoms with Crippen LogP contribution < -0.4 is 10.6 Å². The number of nitrogens with zero attached hydrogens (tertiary/aromatic N) is 4. The van der Waals surface area contributed by atoms with Crippen molar-refractivity contribution in [3.05, 3.63) is 36.4 Å². The monoisotopic (exact) mass is 370 g/mol. The molecule has 1 aliphatic rings. The molecule has 0 unspecified atom stereocenters. The van der Waals surface area contributed by atoms with E-state index in [9.17, 15) is 9.50 Å². The molecular weight excluding hydrogens is 347 g/mol. The molecule has 0 saturated heterocycles. The number of hydrogen-bond donors (Lipinski definition) is 3. The van der Waals surface area contributed by atoms with Gasteiger partial charge in [-0.25, -0.2) is 9.37 Å². The molecule has 1 fully saturated rings. The Kier molecular flexibility index (Phi) is 4.89. The van der Waals surface area contributed by atoms with Gasteiger partial charge in [0.1, 0.15) is 5.82 Å². The van der Waals surface area contributed by atoms with Gasteiger partial charge < -0.3 is 20.3 Å². The molecule has 0 amide bonds. The molecule has 4 rings (SSSR count). The van der Waals surface area contributed by atoms with E-state index in [0.29, 0.717) is 23.0 Å². The van der Waals surface area contributed by atoms with E-state index in [1.165, 1.54) is 12.1 Å². The predicted octanol–water partition coefficient (Wildman–Crippen LogP) is 3.44. The first-order chi connectivity index (χ1) is 13.1. The Bertz CT molecular complexity index is 935. The van der Waals surface area contributed by atoms with Crippen LogP contribution in [0.5, 0.6) is 0 Å². The number of aliphatic hydroxyl groups is 1. The first-order valence-corrected chi connectivity index (χ1v) is 9.32. The maximum atomic E-state index is 13.5. The summed E-state index contributed by atoms with van der Waals surface area (Å²) in [5.41, 5.74) is 1.98. The Morgan fingerprint density at radius 2 is 2.04 bits per heavy atom. The van der Waals surface area contributed by atoms with Crippen LogP contribution in [0.25, 0.3) is 11.2 Å². The number of fused-ring (bicyclic) bond motifs is 1. The number of aryl methyl sites for hydroxylation is 1. The third-order valence-electron chi connectivity index (χ3n) is 4.92. The van der Waals surface area contributed by atoms with E-state index in [4.69, 9.17) is 0 Å². The van der Waals surface area contributed by atoms with Gasteiger partial charge in [-0.2, -0.15) is 9.97 Å². The molecule has 1 saturated carbocycles. The van der Waals surface area contributed by atoms with E-state index in [2.05, 4.69) is 25.6 Å². The van der Waals surface area contributed by atoms with Gasteiger partial charge in [-0.1, -0.05) is 6.07 Å². The van der Waals surface area contributed by atoms with Crippen LogP contribution in [0, 0.1) is 5.82 Å². The van der Waals surface area contributed by atoms with Crippen LogP contribution in [-0.2, 0) is 6.54 Å². The van der Waals surface area contributed by atoms with E-state index in [-0.39, 0.29) is 18.0 Å². The van der Waals surface area contributed by atoms with Gasteiger partial charge in [0.15, 0.2) is 17.0 Å². The molecule has 0 bridgehead atoms. The van der Waals surface area contributed by atoms with Crippen molar-refractivity contribution in [1.29, 1.82) is 0 Å². The fourth-order valence-electron chi connectivity index (χ4n) is 3.43. The predicted molar refractivity (Wildman–Crippen MR) is 103 cm³/mol. The second-order valence-corrected chi connectivity index (χ2v) is 6.88. The average Bonchev–Trinajstić information content (AvgIpc) is 3.07. The first-order valence-electron chi connectivity index (χ1n) is 9.32. The largest absolute Gasteiger partial charge is 0.393 e. The van der Waals surface area contributed by atoms with Crippen molar-refractivity contribution in [3.8, 4) is 0 Å². The van der Waals surface area contributed by atoms with E-state index >= 15 is 0 Å². The number of hydrogen-bond acceptors (Lipinski definition) is 6. The molecule has 2 heterocycles. The molecule has 1 aliphatic carbocycles. The fourth-order valence-corrected chi connectivity index (χ4v) is 3.43. The molecule has 0 atom stereocenters. The van der Waals surface area contributed by atoms with E-state index in [1.54, 1.807) is 18.5 Å². The van der Waals surface area contributed by atoms with Gasteiger partial charge in [-0.05, 0) is 50.8 Å². The molecule has 7 nitrogen and oxygen atoms in total. The number of anilines is 3. The Morgan fingerprint density at radius 1 is 1.22 bits per heavy atom. The molecule has 8 heteroatoms. The van der Waals surface area contributed by atoms with Crippen LogP contribution in [0.3, 0.4) is 0 Å². The summed E-state index contributed by atoms with van der Waals surface area (Å²) in [6.07, 6.45) is 4.84. The highest BCUT2D eigenvalue weighted by Gasteiger charge is 2.21. The molecule has 27 heavy (non-hydrogen) atoms. The normalized spacial score (nSPS) is 20.0. The summed E-state index contributed by atoms with van der Waals surface area (Å²) in [6, 6.07) is 6.47. The number of benzene rings is 1. The Hall–Kier alpha value is -2.74. The molecule has 0 spiro atoms. The summed E-state index contributed by atoms with van der Waals surface area (Å²) in [7, 11) is 0. The summed E-state index contributed by atoms with van der Waals surface area (Å²) in [4.78, 5) is 13.7. The van der Waals surface area contributed by atoms with E-state index < -0.39 is 0 Å². The van der Waals surface area contributed by atoms with Gasteiger partial charge in [0.2, 0.25) is 5.95 Å². The minimum Gasteiger partial charge on any atom is -0.393 e. The third-order valence-corrected chi connectivity index (χ3v) is 4.92. The van der Waals surface area contributed by atoms with Crippen LogP contribution >= 0.6 is 0 Å². The molecule has 1 aromatic carbocycles. The number of nitrogens with one attached hydrogen (secondary N) is 2. The Balaban J connectivity index is 1.67. The number of halogens is 1. The lowest BCUT2D eigenvalue weighted by Gasteiger charge is -2.26. The maximum absolute atomic E-state index is 13.5. The summed E-state index contributed by atoms with van der Waals surface area (Å²) in [5, 5.41) is 16.2. The molecule has 3 N–H and O–H groups in total. The van der Waals surface area contributed by atoms with Crippen LogP contribution in [-0.4, -0.2) is 36.8 Å². The van der Waals surface area contributed by atoms with Gasteiger partial charge in [-0.15, -0.1) is 0 Å². The lowest BCUT2D eigenvalue weighted by atomic mass is 9.93. The van der Waals surface area contributed by atoms with Crippen molar-refractivity contribution in [2.24, 2.45) is 0 Å². The second kappa shape index (κ2) is 7.48. The number of imidazole rings is 1. The van der Waals surface area contributed by atoms with Crippen molar-refractivity contribution in [3.63, 3.8) is 0 Å². The maximum Gasteiger partial charge on any atom is 0.227 e. The average molecular weight is 370 g/mol. The molecular formula is C19H23FN6O. The Labute approximate surface area is 156 Å². The molecule has 3 aromatic rings. The topological polar surface area (TPSA) is 87.9 Å². The molecule has 2 aromatic heterocycles. The summed E-state index contributed by atoms with van der Waals surface area (Å²) in [6.45, 7) is 2.76. The number of rotatable bonds is 5. The zero-order valence-corrected chi connectivity index (χ0v) is 15.2. The highest BCUT2D eigenvalue weighted by atomic mass is 19.1. The van der Waals surface area contributed by atoms with Crippen molar-refractivity contribution >= 4 is 28.6 Å². The summed E-state index contributed by atoms with van der Waals surface area (Å²) < 4.78 is 15.5. The van der Waals surface area contributed by atoms with Crippen LogP contribution in [0.2, 0.25) is 0 Å². The minimum atomic E-state index is -0.316. The SMILES string of the molecule is CCn1cnc2c(Nc3cccc(F)c3)nc(N[C@H]3CC[C@H](O)CC3)nc21. The van der Waals surface area contributed by atoms with Crippen LogP contribution in [0.4, 0.5) is 21.8 Å². The Morgan fingerprint density at radius 3 is 2.78 bits per heavy atom. The number of aliphatic hydroxyl groups excluding tert-OH is 1. The van der Waals surface area contributed by atoms with E-state index in [0.717, 1.165) is 37.9 Å². The van der Waals surface area contributed by atoms with Crippen LogP contribution in [0.1, 0.15) is 32.6 Å². The van der Waals surface area contributed by atoms with Gasteiger partial charge in [-0.3, -0.25) is 0 Å². The quantitative estimate of drug-likeness (QED) is 0.638. The lowest BCUT2D eigenvalue weighted by molar-refractivity contribution is 0.126. The lowest BCUT2D eigenvalue weighted by Crippen LogP contribution is -2.29. The van der Waals surface area contributed by atoms with Crippen molar-refractivity contribution in [2.45, 2.75) is 51.3 Å². The zero-order valence-electron chi connectivity index (χ0n) is 15.2. The van der Waals surface area contributed by atoms with E-state index in [1.807, 2.05) is 11.5 Å². The van der Waals surface area contributed by atoms with Gasteiger partial charge in [0, 0.05) is 18.3 Å². The van der Waals surface area contributed by atoms with Crippen molar-refractivity contribution in [1.82, 2.24) is 19.5 Å². The smallest absolute Gasteiger partial charge is 0.227 e. The van der Waals surface area contributed by atoms with Gasteiger partial charge >= 0.3 is 0 Å². The highest BCUT2D eigenvalue weighted by Crippen LogP contribution is 2.26. The molecule has 0 aliphatic heterocycles. The van der Waals surface area contributed by atoms with Crippen molar-refractivity contribution in [2.75, 3.05) is 10.6 Å². The number of aromatic nitrogens is 4. The minimum absolute atomic E-state index is 0.210. The van der Waals surface area contributed by atoms with Crippen LogP contribution in [0.15, 0.2) is 30.6 Å². The van der Waals surface area contributed by atoms with Gasteiger partial charge in [0.05, 0.1) is 12.4 Å². The highest BCUT2D eigenvalue weighted by molar-refractivity contribution is 5.86. The second-order valence-electron chi connectivity index (χ2n) is 6.88. The first kappa shape index (κ1) is 17.7. The third kappa shape index (κ3) is 3.85. The molecule has 0 radical (unpaired) electrons. The van der Waals surface area contributed by atoms with Gasteiger partial charge in [0.25, 0.3) is 0 Å². The standard InChI is InChI=1S/C19H23FN6O/c1-2-26-11-21-16-17(22-14-5-3-4-12(20)10-14)24-19(25-18(16)26)23-13-6-8-15(27)9-7-13/h3-5,10-11,13,15,27H,2,6-9H2,1H3,(H2,22,23,24,25)/t13-,15-. The molecule has 142 valence electrons. The summed E-state index contributed by atoms with van der Waals surface area (Å²) in [5.74, 6) is 0.734. The fraction of sp³-hybridized carbons (Fsp3) is 0.421. The van der Waals surface area contributed by atoms with Crippen molar-refractivity contribution < 1.29 is 9.50 Å². The summed E-state index contributed by atoms with van der Waals surface area (Å²) >= 11 is 0.